The molecule has 192 valence electrons. The monoisotopic (exact) mass is 525 g/mol. The number of hydrogen-bond donors (Lipinski definition) is 2. The molecule has 0 saturated carbocycles. The minimum Gasteiger partial charge on any atom is -0.378 e. The number of benzene rings is 4. The molecule has 38 heavy (non-hydrogen) atoms. The first kappa shape index (κ1) is 26.7. The van der Waals surface area contributed by atoms with Gasteiger partial charge in [-0.1, -0.05) is 48.5 Å². The van der Waals surface area contributed by atoms with Crippen molar-refractivity contribution < 1.29 is 14.0 Å². The fourth-order valence-corrected chi connectivity index (χ4v) is 4.47. The lowest BCUT2D eigenvalue weighted by atomic mass is 10.1. The van der Waals surface area contributed by atoms with Gasteiger partial charge in [-0.05, 0) is 71.8 Å². The van der Waals surface area contributed by atoms with E-state index in [4.69, 9.17) is 0 Å². The van der Waals surface area contributed by atoms with Crippen LogP contribution in [0, 0.1) is 5.82 Å². The maximum atomic E-state index is 13.9. The molecule has 0 aliphatic heterocycles. The van der Waals surface area contributed by atoms with Gasteiger partial charge in [-0.3, -0.25) is 9.59 Å². The minimum absolute atomic E-state index is 0.120. The second-order valence-corrected chi connectivity index (χ2v) is 9.77. The van der Waals surface area contributed by atoms with E-state index in [9.17, 15) is 14.0 Å². The van der Waals surface area contributed by atoms with E-state index < -0.39 is 5.91 Å². The highest BCUT2D eigenvalue weighted by molar-refractivity contribution is 7.98. The zero-order valence-corrected chi connectivity index (χ0v) is 22.0. The molecule has 4 aromatic carbocycles. The molecule has 0 unspecified atom stereocenters. The third-order valence-corrected chi connectivity index (χ3v) is 6.77. The molecule has 0 aliphatic carbocycles. The summed E-state index contributed by atoms with van der Waals surface area (Å²) in [5, 5.41) is 5.61. The number of hydrogen-bond acceptors (Lipinski definition) is 4. The quantitative estimate of drug-likeness (QED) is 0.191. The molecule has 5 nitrogen and oxygen atoms in total. The predicted octanol–water partition coefficient (Wildman–Crippen LogP) is 6.59. The SMILES string of the molecule is CN(C)c1ccc(/C=C(\NC(=O)c2ccccc2)C(=O)Nc2ccc(SCc3ccccc3F)cc2)cc1. The van der Waals surface area contributed by atoms with E-state index >= 15 is 0 Å². The summed E-state index contributed by atoms with van der Waals surface area (Å²) in [6.45, 7) is 0. The fraction of sp³-hybridized carbons (Fsp3) is 0.0968. The number of anilines is 2. The van der Waals surface area contributed by atoms with Crippen molar-refractivity contribution in [2.75, 3.05) is 24.3 Å². The van der Waals surface area contributed by atoms with Crippen molar-refractivity contribution in [1.82, 2.24) is 5.32 Å². The Labute approximate surface area is 226 Å². The van der Waals surface area contributed by atoms with E-state index in [2.05, 4.69) is 10.6 Å². The van der Waals surface area contributed by atoms with E-state index in [0.717, 1.165) is 16.1 Å². The van der Waals surface area contributed by atoms with Crippen LogP contribution in [-0.4, -0.2) is 25.9 Å². The van der Waals surface area contributed by atoms with Gasteiger partial charge in [0.2, 0.25) is 0 Å². The van der Waals surface area contributed by atoms with Crippen LogP contribution in [0.3, 0.4) is 0 Å². The molecular weight excluding hydrogens is 497 g/mol. The van der Waals surface area contributed by atoms with Crippen molar-refractivity contribution >= 4 is 41.0 Å². The maximum Gasteiger partial charge on any atom is 0.272 e. The molecule has 4 aromatic rings. The molecule has 0 aromatic heterocycles. The summed E-state index contributed by atoms with van der Waals surface area (Å²) in [6, 6.07) is 30.4. The maximum absolute atomic E-state index is 13.9. The third kappa shape index (κ3) is 7.33. The zero-order valence-electron chi connectivity index (χ0n) is 21.1. The molecule has 0 bridgehead atoms. The van der Waals surface area contributed by atoms with Crippen molar-refractivity contribution in [2.45, 2.75) is 10.6 Å². The number of thioether (sulfide) groups is 1. The van der Waals surface area contributed by atoms with Crippen molar-refractivity contribution in [3.63, 3.8) is 0 Å². The Kier molecular flexibility index (Phi) is 8.95. The molecule has 4 rings (SSSR count). The van der Waals surface area contributed by atoms with Gasteiger partial charge in [0.05, 0.1) is 0 Å². The Morgan fingerprint density at radius 1 is 0.842 bits per heavy atom. The van der Waals surface area contributed by atoms with Crippen LogP contribution in [-0.2, 0) is 10.5 Å². The van der Waals surface area contributed by atoms with Crippen LogP contribution in [0.15, 0.2) is 114 Å². The number of carbonyl (C=O) groups excluding carboxylic acids is 2. The highest BCUT2D eigenvalue weighted by Gasteiger charge is 2.15. The van der Waals surface area contributed by atoms with Crippen molar-refractivity contribution in [3.05, 3.63) is 131 Å². The molecule has 0 heterocycles. The lowest BCUT2D eigenvalue weighted by Gasteiger charge is -2.13. The highest BCUT2D eigenvalue weighted by Crippen LogP contribution is 2.25. The first-order valence-electron chi connectivity index (χ1n) is 12.0. The lowest BCUT2D eigenvalue weighted by molar-refractivity contribution is -0.113. The standard InChI is InChI=1S/C31H28FN3O2S/c1-35(2)26-16-12-22(13-17-26)20-29(34-30(36)23-8-4-3-5-9-23)31(37)33-25-14-18-27(19-15-25)38-21-24-10-6-7-11-28(24)32/h3-20H,21H2,1-2H3,(H,33,37)(H,34,36)/b29-20-. The first-order chi connectivity index (χ1) is 18.4. The molecular formula is C31H28FN3O2S. The van der Waals surface area contributed by atoms with Gasteiger partial charge in [0.15, 0.2) is 0 Å². The Hall–Kier alpha value is -4.36. The summed E-state index contributed by atoms with van der Waals surface area (Å²) in [5.41, 5.74) is 3.58. The van der Waals surface area contributed by atoms with Crippen LogP contribution in [0.5, 0.6) is 0 Å². The van der Waals surface area contributed by atoms with Crippen molar-refractivity contribution in [2.24, 2.45) is 0 Å². The fourth-order valence-electron chi connectivity index (χ4n) is 3.59. The molecule has 7 heteroatoms. The van der Waals surface area contributed by atoms with E-state index in [1.54, 1.807) is 54.6 Å². The average molecular weight is 526 g/mol. The van der Waals surface area contributed by atoms with Gasteiger partial charge in [0.1, 0.15) is 11.5 Å². The van der Waals surface area contributed by atoms with Crippen molar-refractivity contribution in [3.8, 4) is 0 Å². The minimum atomic E-state index is -0.447. The Bertz CT molecular complexity index is 1420. The summed E-state index contributed by atoms with van der Waals surface area (Å²) in [7, 11) is 3.90. The Balaban J connectivity index is 1.48. The summed E-state index contributed by atoms with van der Waals surface area (Å²) in [6.07, 6.45) is 1.65. The van der Waals surface area contributed by atoms with Gasteiger partial charge in [0.25, 0.3) is 11.8 Å². The predicted molar refractivity (Wildman–Crippen MR) is 154 cm³/mol. The summed E-state index contributed by atoms with van der Waals surface area (Å²) in [5.74, 6) is -0.546. The number of carbonyl (C=O) groups is 2. The van der Waals surface area contributed by atoms with Gasteiger partial charge >= 0.3 is 0 Å². The van der Waals surface area contributed by atoms with E-state index in [1.165, 1.54) is 17.8 Å². The number of rotatable bonds is 9. The second kappa shape index (κ2) is 12.7. The van der Waals surface area contributed by atoms with Gasteiger partial charge < -0.3 is 15.5 Å². The van der Waals surface area contributed by atoms with Crippen LogP contribution < -0.4 is 15.5 Å². The molecule has 0 fully saturated rings. The third-order valence-electron chi connectivity index (χ3n) is 5.71. The molecule has 0 aliphatic rings. The topological polar surface area (TPSA) is 61.4 Å². The average Bonchev–Trinajstić information content (AvgIpc) is 2.93. The molecule has 0 radical (unpaired) electrons. The lowest BCUT2D eigenvalue weighted by Crippen LogP contribution is -2.30. The number of nitrogens with zero attached hydrogens (tertiary/aromatic N) is 1. The largest absolute Gasteiger partial charge is 0.378 e. The van der Waals surface area contributed by atoms with Crippen LogP contribution in [0.2, 0.25) is 0 Å². The van der Waals surface area contributed by atoms with Crippen LogP contribution >= 0.6 is 11.8 Å². The van der Waals surface area contributed by atoms with Gasteiger partial charge in [-0.2, -0.15) is 0 Å². The number of nitrogens with one attached hydrogen (secondary N) is 2. The molecule has 0 saturated heterocycles. The normalized spacial score (nSPS) is 11.1. The van der Waals surface area contributed by atoms with Crippen LogP contribution in [0.1, 0.15) is 21.5 Å². The van der Waals surface area contributed by atoms with Crippen molar-refractivity contribution in [1.29, 1.82) is 0 Å². The van der Waals surface area contributed by atoms with Gasteiger partial charge in [0, 0.05) is 41.7 Å². The van der Waals surface area contributed by atoms with Gasteiger partial charge in [-0.15, -0.1) is 11.8 Å². The molecule has 2 amide bonds. The van der Waals surface area contributed by atoms with E-state index in [1.807, 2.05) is 67.5 Å². The second-order valence-electron chi connectivity index (χ2n) is 8.72. The Morgan fingerprint density at radius 2 is 1.50 bits per heavy atom. The molecule has 0 spiro atoms. The molecule has 2 N–H and O–H groups in total. The number of amides is 2. The van der Waals surface area contributed by atoms with Crippen LogP contribution in [0.4, 0.5) is 15.8 Å². The summed E-state index contributed by atoms with van der Waals surface area (Å²) in [4.78, 5) is 29.0. The molecule has 0 atom stereocenters. The smallest absolute Gasteiger partial charge is 0.272 e. The number of halogens is 1. The van der Waals surface area contributed by atoms with Gasteiger partial charge in [-0.25, -0.2) is 4.39 Å². The zero-order chi connectivity index (χ0) is 26.9. The summed E-state index contributed by atoms with van der Waals surface area (Å²) >= 11 is 1.51. The summed E-state index contributed by atoms with van der Waals surface area (Å²) < 4.78 is 13.9. The first-order valence-corrected chi connectivity index (χ1v) is 13.0. The van der Waals surface area contributed by atoms with Crippen LogP contribution in [0.25, 0.3) is 6.08 Å². The van der Waals surface area contributed by atoms with E-state index in [0.29, 0.717) is 22.6 Å². The highest BCUT2D eigenvalue weighted by atomic mass is 32.2. The van der Waals surface area contributed by atoms with E-state index in [-0.39, 0.29) is 17.4 Å². The Morgan fingerprint density at radius 3 is 2.16 bits per heavy atom.